The molecule has 0 aliphatic heterocycles. The van der Waals surface area contributed by atoms with Crippen molar-refractivity contribution in [1.82, 2.24) is 25.4 Å². The third-order valence-corrected chi connectivity index (χ3v) is 2.38. The van der Waals surface area contributed by atoms with Crippen LogP contribution >= 0.6 is 0 Å². The summed E-state index contributed by atoms with van der Waals surface area (Å²) in [6.45, 7) is 0. The SMILES string of the molecule is c1ccc(-c2nn[nH]c2-c2ccccn2)nc1. The summed E-state index contributed by atoms with van der Waals surface area (Å²) in [7, 11) is 0. The lowest BCUT2D eigenvalue weighted by Gasteiger charge is -1.99. The Labute approximate surface area is 97.6 Å². The minimum Gasteiger partial charge on any atom is -0.255 e. The molecule has 0 aliphatic carbocycles. The first-order chi connectivity index (χ1) is 8.45. The summed E-state index contributed by atoms with van der Waals surface area (Å²) in [6, 6.07) is 11.4. The Kier molecular flexibility index (Phi) is 2.34. The van der Waals surface area contributed by atoms with E-state index in [1.54, 1.807) is 12.4 Å². The lowest BCUT2D eigenvalue weighted by atomic mass is 10.2. The van der Waals surface area contributed by atoms with Crippen molar-refractivity contribution in [1.29, 1.82) is 0 Å². The number of aromatic amines is 1. The average molecular weight is 223 g/mol. The highest BCUT2D eigenvalue weighted by molar-refractivity contribution is 5.73. The van der Waals surface area contributed by atoms with Crippen LogP contribution < -0.4 is 0 Å². The van der Waals surface area contributed by atoms with Gasteiger partial charge in [0.15, 0.2) is 0 Å². The molecule has 0 saturated heterocycles. The zero-order valence-electron chi connectivity index (χ0n) is 8.91. The Hall–Kier alpha value is -2.56. The molecule has 0 spiro atoms. The molecule has 0 atom stereocenters. The topological polar surface area (TPSA) is 67.3 Å². The van der Waals surface area contributed by atoms with Crippen LogP contribution in [0.5, 0.6) is 0 Å². The minimum atomic E-state index is 0.712. The van der Waals surface area contributed by atoms with Gasteiger partial charge in [-0.25, -0.2) is 0 Å². The van der Waals surface area contributed by atoms with Crippen LogP contribution in [0.4, 0.5) is 0 Å². The number of pyridine rings is 2. The molecule has 0 radical (unpaired) electrons. The molecule has 3 aromatic rings. The van der Waals surface area contributed by atoms with Gasteiger partial charge >= 0.3 is 0 Å². The molecule has 0 aromatic carbocycles. The highest BCUT2D eigenvalue weighted by Gasteiger charge is 2.12. The number of nitrogens with one attached hydrogen (secondary N) is 1. The Morgan fingerprint density at radius 1 is 0.824 bits per heavy atom. The van der Waals surface area contributed by atoms with Crippen LogP contribution in [-0.4, -0.2) is 25.4 Å². The third-order valence-electron chi connectivity index (χ3n) is 2.38. The molecular weight excluding hydrogens is 214 g/mol. The largest absolute Gasteiger partial charge is 0.255 e. The smallest absolute Gasteiger partial charge is 0.140 e. The van der Waals surface area contributed by atoms with Gasteiger partial charge in [0.2, 0.25) is 0 Å². The van der Waals surface area contributed by atoms with E-state index < -0.39 is 0 Å². The van der Waals surface area contributed by atoms with E-state index in [1.807, 2.05) is 36.4 Å². The molecule has 5 heteroatoms. The van der Waals surface area contributed by atoms with Crippen molar-refractivity contribution in [2.24, 2.45) is 0 Å². The zero-order valence-corrected chi connectivity index (χ0v) is 8.91. The number of hydrogen-bond donors (Lipinski definition) is 1. The monoisotopic (exact) mass is 223 g/mol. The van der Waals surface area contributed by atoms with Gasteiger partial charge in [0.05, 0.1) is 11.4 Å². The predicted octanol–water partition coefficient (Wildman–Crippen LogP) is 1.93. The van der Waals surface area contributed by atoms with E-state index in [1.165, 1.54) is 0 Å². The van der Waals surface area contributed by atoms with Crippen LogP contribution in [0.3, 0.4) is 0 Å². The Morgan fingerprint density at radius 3 is 2.18 bits per heavy atom. The molecule has 17 heavy (non-hydrogen) atoms. The minimum absolute atomic E-state index is 0.712. The maximum atomic E-state index is 4.27. The number of hydrogen-bond acceptors (Lipinski definition) is 4. The molecule has 82 valence electrons. The van der Waals surface area contributed by atoms with E-state index in [0.717, 1.165) is 17.1 Å². The van der Waals surface area contributed by atoms with E-state index in [4.69, 9.17) is 0 Å². The fourth-order valence-electron chi connectivity index (χ4n) is 1.60. The Morgan fingerprint density at radius 2 is 1.53 bits per heavy atom. The Bertz CT molecular complexity index is 549. The molecule has 1 N–H and O–H groups in total. The van der Waals surface area contributed by atoms with Gasteiger partial charge < -0.3 is 0 Å². The first-order valence-electron chi connectivity index (χ1n) is 5.19. The summed E-state index contributed by atoms with van der Waals surface area (Å²) in [5.41, 5.74) is 3.08. The first kappa shape index (κ1) is 9.65. The van der Waals surface area contributed by atoms with Gasteiger partial charge in [0, 0.05) is 12.4 Å². The Balaban J connectivity index is 2.13. The summed E-state index contributed by atoms with van der Waals surface area (Å²) >= 11 is 0. The highest BCUT2D eigenvalue weighted by Crippen LogP contribution is 2.24. The van der Waals surface area contributed by atoms with Crippen molar-refractivity contribution < 1.29 is 0 Å². The summed E-state index contributed by atoms with van der Waals surface area (Å²) in [4.78, 5) is 8.53. The summed E-state index contributed by atoms with van der Waals surface area (Å²) < 4.78 is 0. The fraction of sp³-hybridized carbons (Fsp3) is 0. The van der Waals surface area contributed by atoms with E-state index in [-0.39, 0.29) is 0 Å². The number of aromatic nitrogens is 5. The van der Waals surface area contributed by atoms with Gasteiger partial charge in [0.1, 0.15) is 11.4 Å². The molecule has 3 rings (SSSR count). The van der Waals surface area contributed by atoms with Gasteiger partial charge in [-0.2, -0.15) is 0 Å². The van der Waals surface area contributed by atoms with Crippen LogP contribution in [0, 0.1) is 0 Å². The number of nitrogens with zero attached hydrogens (tertiary/aromatic N) is 4. The van der Waals surface area contributed by atoms with Crippen LogP contribution in [0.25, 0.3) is 22.8 Å². The zero-order chi connectivity index (χ0) is 11.5. The molecule has 0 amide bonds. The molecule has 0 fully saturated rings. The van der Waals surface area contributed by atoms with Crippen molar-refractivity contribution >= 4 is 0 Å². The van der Waals surface area contributed by atoms with Crippen LogP contribution in [0.2, 0.25) is 0 Å². The molecule has 3 heterocycles. The van der Waals surface area contributed by atoms with Gasteiger partial charge in [-0.1, -0.05) is 17.3 Å². The second-order valence-corrected chi connectivity index (χ2v) is 3.47. The predicted molar refractivity (Wildman–Crippen MR) is 62.8 cm³/mol. The number of rotatable bonds is 2. The molecule has 0 saturated carbocycles. The summed E-state index contributed by atoms with van der Waals surface area (Å²) in [6.07, 6.45) is 3.46. The van der Waals surface area contributed by atoms with Gasteiger partial charge in [-0.05, 0) is 24.3 Å². The molecular formula is C12H9N5. The van der Waals surface area contributed by atoms with Crippen molar-refractivity contribution in [3.63, 3.8) is 0 Å². The quantitative estimate of drug-likeness (QED) is 0.720. The van der Waals surface area contributed by atoms with Crippen LogP contribution in [0.15, 0.2) is 48.8 Å². The van der Waals surface area contributed by atoms with E-state index in [9.17, 15) is 0 Å². The van der Waals surface area contributed by atoms with Crippen molar-refractivity contribution in [3.05, 3.63) is 48.8 Å². The van der Waals surface area contributed by atoms with Crippen molar-refractivity contribution in [3.8, 4) is 22.8 Å². The van der Waals surface area contributed by atoms with Crippen LogP contribution in [0.1, 0.15) is 0 Å². The van der Waals surface area contributed by atoms with Crippen LogP contribution in [-0.2, 0) is 0 Å². The third kappa shape index (κ3) is 1.78. The second kappa shape index (κ2) is 4.13. The maximum Gasteiger partial charge on any atom is 0.140 e. The molecule has 5 nitrogen and oxygen atoms in total. The standard InChI is InChI=1S/C12H9N5/c1-3-7-13-9(5-1)11-12(16-17-15-11)10-6-2-4-8-14-10/h1-8H,(H,15,16,17). The lowest BCUT2D eigenvalue weighted by molar-refractivity contribution is 0.941. The average Bonchev–Trinajstić information content (AvgIpc) is 2.90. The fourth-order valence-corrected chi connectivity index (χ4v) is 1.60. The summed E-state index contributed by atoms with van der Waals surface area (Å²) in [5.74, 6) is 0. The maximum absolute atomic E-state index is 4.27. The number of H-pyrrole nitrogens is 1. The van der Waals surface area contributed by atoms with Gasteiger partial charge in [0.25, 0.3) is 0 Å². The normalized spacial score (nSPS) is 10.4. The second-order valence-electron chi connectivity index (χ2n) is 3.47. The van der Waals surface area contributed by atoms with Crippen molar-refractivity contribution in [2.45, 2.75) is 0 Å². The van der Waals surface area contributed by atoms with E-state index in [0.29, 0.717) is 5.69 Å². The van der Waals surface area contributed by atoms with Gasteiger partial charge in [-0.3, -0.25) is 15.1 Å². The highest BCUT2D eigenvalue weighted by atomic mass is 15.3. The van der Waals surface area contributed by atoms with Crippen molar-refractivity contribution in [2.75, 3.05) is 0 Å². The molecule has 0 unspecified atom stereocenters. The van der Waals surface area contributed by atoms with E-state index >= 15 is 0 Å². The first-order valence-corrected chi connectivity index (χ1v) is 5.19. The van der Waals surface area contributed by atoms with E-state index in [2.05, 4.69) is 25.4 Å². The molecule has 0 bridgehead atoms. The lowest BCUT2D eigenvalue weighted by Crippen LogP contribution is -1.88. The van der Waals surface area contributed by atoms with Gasteiger partial charge in [-0.15, -0.1) is 5.10 Å². The summed E-state index contributed by atoms with van der Waals surface area (Å²) in [5, 5.41) is 10.7. The molecule has 0 aliphatic rings. The molecule has 3 aromatic heterocycles.